The summed E-state index contributed by atoms with van der Waals surface area (Å²) in [5.41, 5.74) is 5.44. The maximum Gasteiger partial charge on any atom is 0.326 e. The Bertz CT molecular complexity index is 1220. The van der Waals surface area contributed by atoms with Crippen LogP contribution in [-0.2, 0) is 22.6 Å². The summed E-state index contributed by atoms with van der Waals surface area (Å²) in [5, 5.41) is 13.1. The molecule has 1 atom stereocenters. The molecule has 1 amide bonds. The number of unbranched alkanes of at least 4 members (excludes halogenated alkanes) is 2. The van der Waals surface area contributed by atoms with Crippen molar-refractivity contribution in [2.24, 2.45) is 0 Å². The van der Waals surface area contributed by atoms with Gasteiger partial charge in [-0.1, -0.05) is 60.5 Å². The lowest BCUT2D eigenvalue weighted by atomic mass is 9.93. The van der Waals surface area contributed by atoms with Gasteiger partial charge in [-0.2, -0.15) is 11.8 Å². The highest BCUT2D eigenvalue weighted by Gasteiger charge is 2.22. The molecule has 5 nitrogen and oxygen atoms in total. The highest BCUT2D eigenvalue weighted by atomic mass is 35.5. The average molecular weight is 554 g/mol. The van der Waals surface area contributed by atoms with Crippen LogP contribution in [0.4, 0.5) is 0 Å². The van der Waals surface area contributed by atoms with E-state index in [2.05, 4.69) is 11.4 Å². The fourth-order valence-corrected chi connectivity index (χ4v) is 4.98. The number of rotatable bonds is 15. The van der Waals surface area contributed by atoms with Gasteiger partial charge in [0.15, 0.2) is 0 Å². The predicted octanol–water partition coefficient (Wildman–Crippen LogP) is 7.18. The molecule has 0 unspecified atom stereocenters. The molecule has 0 saturated carbocycles. The van der Waals surface area contributed by atoms with Crippen LogP contribution < -0.4 is 5.32 Å². The molecule has 0 bridgehead atoms. The summed E-state index contributed by atoms with van der Waals surface area (Å²) in [6, 6.07) is 20.6. The lowest BCUT2D eigenvalue weighted by Gasteiger charge is -2.17. The fourth-order valence-electron chi connectivity index (χ4n) is 4.30. The molecule has 0 aliphatic rings. The number of aliphatic carboxylic acids is 1. The van der Waals surface area contributed by atoms with E-state index in [0.29, 0.717) is 31.0 Å². The van der Waals surface area contributed by atoms with Crippen molar-refractivity contribution in [2.75, 3.05) is 18.6 Å². The van der Waals surface area contributed by atoms with Gasteiger partial charge in [0.25, 0.3) is 5.91 Å². The second-order valence-electron chi connectivity index (χ2n) is 9.33. The van der Waals surface area contributed by atoms with Gasteiger partial charge in [-0.05, 0) is 96.7 Å². The number of amides is 1. The van der Waals surface area contributed by atoms with Gasteiger partial charge in [0.05, 0.1) is 6.61 Å². The lowest BCUT2D eigenvalue weighted by molar-refractivity contribution is -0.139. The molecule has 0 aromatic heterocycles. The number of benzene rings is 3. The molecule has 0 aliphatic heterocycles. The normalized spacial score (nSPS) is 11.8. The van der Waals surface area contributed by atoms with Crippen LogP contribution in [0.3, 0.4) is 0 Å². The third kappa shape index (κ3) is 9.19. The van der Waals surface area contributed by atoms with Gasteiger partial charge in [-0.15, -0.1) is 0 Å². The number of hydrogen-bond donors (Lipinski definition) is 2. The van der Waals surface area contributed by atoms with Crippen LogP contribution >= 0.6 is 23.4 Å². The third-order valence-electron chi connectivity index (χ3n) is 6.39. The van der Waals surface area contributed by atoms with Crippen molar-refractivity contribution in [3.05, 3.63) is 94.0 Å². The van der Waals surface area contributed by atoms with Gasteiger partial charge in [0.1, 0.15) is 6.04 Å². The second kappa shape index (κ2) is 15.6. The van der Waals surface area contributed by atoms with Gasteiger partial charge in [-0.25, -0.2) is 4.79 Å². The minimum Gasteiger partial charge on any atom is -0.480 e. The van der Waals surface area contributed by atoms with E-state index in [1.807, 2.05) is 67.8 Å². The first-order valence-electron chi connectivity index (χ1n) is 12.9. The van der Waals surface area contributed by atoms with Crippen LogP contribution in [0.2, 0.25) is 5.02 Å². The smallest absolute Gasteiger partial charge is 0.326 e. The summed E-state index contributed by atoms with van der Waals surface area (Å²) >= 11 is 7.61. The van der Waals surface area contributed by atoms with Crippen molar-refractivity contribution >= 4 is 35.2 Å². The Labute approximate surface area is 234 Å². The Balaban J connectivity index is 1.62. The number of ether oxygens (including phenoxy) is 1. The van der Waals surface area contributed by atoms with Gasteiger partial charge in [-0.3, -0.25) is 4.79 Å². The van der Waals surface area contributed by atoms with Gasteiger partial charge < -0.3 is 15.2 Å². The quantitative estimate of drug-likeness (QED) is 0.195. The molecule has 3 rings (SSSR count). The van der Waals surface area contributed by atoms with Crippen molar-refractivity contribution in [1.82, 2.24) is 5.32 Å². The molecule has 38 heavy (non-hydrogen) atoms. The Hall–Kier alpha value is -2.80. The maximum absolute atomic E-state index is 13.2. The van der Waals surface area contributed by atoms with E-state index >= 15 is 0 Å². The molecule has 0 spiro atoms. The number of halogens is 1. The van der Waals surface area contributed by atoms with E-state index < -0.39 is 12.0 Å². The van der Waals surface area contributed by atoms with Crippen LogP contribution in [0, 0.1) is 6.92 Å². The maximum atomic E-state index is 13.2. The zero-order valence-corrected chi connectivity index (χ0v) is 23.6. The van der Waals surface area contributed by atoms with Crippen molar-refractivity contribution in [3.8, 4) is 11.1 Å². The number of thioether (sulfide) groups is 1. The molecule has 202 valence electrons. The molecule has 0 aliphatic carbocycles. The number of hydrogen-bond acceptors (Lipinski definition) is 4. The molecule has 0 saturated heterocycles. The van der Waals surface area contributed by atoms with Crippen molar-refractivity contribution in [3.63, 3.8) is 0 Å². The van der Waals surface area contributed by atoms with Crippen LogP contribution in [0.1, 0.15) is 52.7 Å². The van der Waals surface area contributed by atoms with Crippen LogP contribution in [-0.4, -0.2) is 41.6 Å². The second-order valence-corrected chi connectivity index (χ2v) is 10.8. The van der Waals surface area contributed by atoms with Crippen molar-refractivity contribution < 1.29 is 19.4 Å². The summed E-state index contributed by atoms with van der Waals surface area (Å²) in [4.78, 5) is 24.9. The average Bonchev–Trinajstić information content (AvgIpc) is 2.90. The molecule has 0 heterocycles. The zero-order chi connectivity index (χ0) is 27.3. The molecule has 3 aromatic carbocycles. The minimum absolute atomic E-state index is 0.368. The first-order chi connectivity index (χ1) is 18.4. The van der Waals surface area contributed by atoms with E-state index in [9.17, 15) is 14.7 Å². The highest BCUT2D eigenvalue weighted by molar-refractivity contribution is 7.98. The number of nitrogens with one attached hydrogen (secondary N) is 1. The Morgan fingerprint density at radius 3 is 2.53 bits per heavy atom. The molecule has 7 heteroatoms. The topological polar surface area (TPSA) is 75.6 Å². The van der Waals surface area contributed by atoms with Crippen LogP contribution in [0.15, 0.2) is 66.7 Å². The minimum atomic E-state index is -1.03. The Morgan fingerprint density at radius 1 is 0.974 bits per heavy atom. The molecule has 3 aromatic rings. The molecule has 2 N–H and O–H groups in total. The van der Waals surface area contributed by atoms with E-state index in [4.69, 9.17) is 16.3 Å². The molecular formula is C31H36ClNO4S. The number of aryl methyl sites for hydroxylation is 2. The van der Waals surface area contributed by atoms with E-state index in [1.165, 1.54) is 5.56 Å². The number of carbonyl (C=O) groups excluding carboxylic acids is 1. The van der Waals surface area contributed by atoms with Crippen LogP contribution in [0.25, 0.3) is 11.1 Å². The number of carboxylic acids is 1. The standard InChI is InChI=1S/C31H36ClNO4S/c1-22-9-5-6-13-26(22)28-20-24(14-15-27(28)30(34)33-29(31(35)36)16-18-38-2)21-37-17-7-3-4-10-23-11-8-12-25(32)19-23/h5-6,8-9,11-15,19-20,29H,3-4,7,10,16-18,21H2,1-2H3,(H,33,34)(H,35,36)/t29-/m0/s1. The Morgan fingerprint density at radius 2 is 1.79 bits per heavy atom. The summed E-state index contributed by atoms with van der Waals surface area (Å²) < 4.78 is 5.95. The molecular weight excluding hydrogens is 518 g/mol. The summed E-state index contributed by atoms with van der Waals surface area (Å²) in [5.74, 6) is -0.759. The summed E-state index contributed by atoms with van der Waals surface area (Å²) in [6.45, 7) is 3.11. The zero-order valence-electron chi connectivity index (χ0n) is 22.0. The summed E-state index contributed by atoms with van der Waals surface area (Å²) in [6.07, 6.45) is 6.41. The van der Waals surface area contributed by atoms with Crippen LogP contribution in [0.5, 0.6) is 0 Å². The Kier molecular flexibility index (Phi) is 12.2. The van der Waals surface area contributed by atoms with E-state index in [0.717, 1.165) is 53.0 Å². The molecule has 0 fully saturated rings. The monoisotopic (exact) mass is 553 g/mol. The first kappa shape index (κ1) is 29.8. The largest absolute Gasteiger partial charge is 0.480 e. The number of carbonyl (C=O) groups is 2. The van der Waals surface area contributed by atoms with Gasteiger partial charge in [0.2, 0.25) is 0 Å². The predicted molar refractivity (Wildman–Crippen MR) is 157 cm³/mol. The van der Waals surface area contributed by atoms with E-state index in [1.54, 1.807) is 17.8 Å². The summed E-state index contributed by atoms with van der Waals surface area (Å²) in [7, 11) is 0. The number of carboxylic acid groups (broad SMARTS) is 1. The van der Waals surface area contributed by atoms with Gasteiger partial charge in [0, 0.05) is 17.2 Å². The van der Waals surface area contributed by atoms with E-state index in [-0.39, 0.29) is 5.91 Å². The SMILES string of the molecule is CSCC[C@H](NC(=O)c1ccc(COCCCCCc2cccc(Cl)c2)cc1-c1ccccc1C)C(=O)O. The first-order valence-corrected chi connectivity index (χ1v) is 14.7. The third-order valence-corrected chi connectivity index (χ3v) is 7.27. The van der Waals surface area contributed by atoms with Gasteiger partial charge >= 0.3 is 5.97 Å². The van der Waals surface area contributed by atoms with Crippen molar-refractivity contribution in [2.45, 2.75) is 51.7 Å². The lowest BCUT2D eigenvalue weighted by Crippen LogP contribution is -2.41. The highest BCUT2D eigenvalue weighted by Crippen LogP contribution is 2.29. The fraction of sp³-hybridized carbons (Fsp3) is 0.355. The molecule has 0 radical (unpaired) electrons. The van der Waals surface area contributed by atoms with Crippen molar-refractivity contribution in [1.29, 1.82) is 0 Å².